The van der Waals surface area contributed by atoms with Gasteiger partial charge in [0.05, 0.1) is 6.54 Å². The van der Waals surface area contributed by atoms with E-state index in [0.29, 0.717) is 12.2 Å². The van der Waals surface area contributed by atoms with Crippen LogP contribution in [0.25, 0.3) is 11.3 Å². The normalized spacial score (nSPS) is 10.4. The summed E-state index contributed by atoms with van der Waals surface area (Å²) in [6, 6.07) is 16.2. The molecule has 0 atom stereocenters. The van der Waals surface area contributed by atoms with Gasteiger partial charge in [0, 0.05) is 5.56 Å². The Labute approximate surface area is 127 Å². The summed E-state index contributed by atoms with van der Waals surface area (Å²) in [6.45, 7) is 2.34. The Morgan fingerprint density at radius 2 is 2.00 bits per heavy atom. The number of hydrogen-bond donors (Lipinski definition) is 0. The lowest BCUT2D eigenvalue weighted by molar-refractivity contribution is 0.615. The fraction of sp³-hybridized carbons (Fsp3) is 0.118. The summed E-state index contributed by atoms with van der Waals surface area (Å²) in [5, 5.41) is 17.2. The van der Waals surface area contributed by atoms with Crippen molar-refractivity contribution in [1.82, 2.24) is 15.0 Å². The second kappa shape index (κ2) is 5.78. The molecule has 0 amide bonds. The predicted molar refractivity (Wildman–Crippen MR) is 80.4 cm³/mol. The van der Waals surface area contributed by atoms with Gasteiger partial charge in [0.25, 0.3) is 0 Å². The van der Waals surface area contributed by atoms with Crippen LogP contribution in [-0.2, 0) is 6.54 Å². The van der Waals surface area contributed by atoms with Gasteiger partial charge in [0.15, 0.2) is 5.69 Å². The van der Waals surface area contributed by atoms with Crippen molar-refractivity contribution in [2.75, 3.05) is 0 Å². The van der Waals surface area contributed by atoms with E-state index in [4.69, 9.17) is 0 Å². The highest BCUT2D eigenvalue weighted by Crippen LogP contribution is 2.23. The maximum atomic E-state index is 13.3. The number of aromatic nitrogens is 3. The number of nitrogens with zero attached hydrogens (tertiary/aromatic N) is 4. The molecule has 0 aliphatic rings. The van der Waals surface area contributed by atoms with Gasteiger partial charge in [-0.1, -0.05) is 41.1 Å². The second-order valence-electron chi connectivity index (χ2n) is 5.06. The second-order valence-corrected chi connectivity index (χ2v) is 5.06. The molecule has 2 aromatic carbocycles. The Hall–Kier alpha value is -3.00. The van der Waals surface area contributed by atoms with E-state index < -0.39 is 0 Å². The fourth-order valence-corrected chi connectivity index (χ4v) is 2.39. The van der Waals surface area contributed by atoms with E-state index in [0.717, 1.165) is 16.7 Å². The van der Waals surface area contributed by atoms with Crippen molar-refractivity contribution in [2.24, 2.45) is 0 Å². The first-order valence-electron chi connectivity index (χ1n) is 6.82. The van der Waals surface area contributed by atoms with E-state index >= 15 is 0 Å². The molecule has 0 saturated heterocycles. The average Bonchev–Trinajstić information content (AvgIpc) is 2.90. The van der Waals surface area contributed by atoms with Gasteiger partial charge >= 0.3 is 0 Å². The first-order valence-corrected chi connectivity index (χ1v) is 6.82. The zero-order chi connectivity index (χ0) is 15.5. The smallest absolute Gasteiger partial charge is 0.190 e. The predicted octanol–water partition coefficient (Wildman–Crippen LogP) is 3.31. The molecule has 0 N–H and O–H groups in total. The molecule has 0 unspecified atom stereocenters. The quantitative estimate of drug-likeness (QED) is 0.744. The molecule has 5 heteroatoms. The molecule has 3 rings (SSSR count). The van der Waals surface area contributed by atoms with Gasteiger partial charge in [0.1, 0.15) is 17.6 Å². The molecule has 0 fully saturated rings. The summed E-state index contributed by atoms with van der Waals surface area (Å²) in [5.41, 5.74) is 3.64. The Kier molecular flexibility index (Phi) is 3.67. The zero-order valence-corrected chi connectivity index (χ0v) is 12.0. The lowest BCUT2D eigenvalue weighted by atomic mass is 10.1. The number of nitriles is 1. The van der Waals surface area contributed by atoms with Crippen LogP contribution < -0.4 is 0 Å². The number of aryl methyl sites for hydroxylation is 1. The maximum Gasteiger partial charge on any atom is 0.190 e. The number of hydrogen-bond acceptors (Lipinski definition) is 3. The van der Waals surface area contributed by atoms with Gasteiger partial charge in [-0.3, -0.25) is 0 Å². The summed E-state index contributed by atoms with van der Waals surface area (Å²) in [6.07, 6.45) is 0. The third-order valence-corrected chi connectivity index (χ3v) is 3.35. The molecule has 108 valence electrons. The molecule has 1 aromatic heterocycles. The minimum absolute atomic E-state index is 0.266. The van der Waals surface area contributed by atoms with Gasteiger partial charge in [-0.2, -0.15) is 5.26 Å². The Balaban J connectivity index is 2.06. The number of rotatable bonds is 3. The monoisotopic (exact) mass is 292 g/mol. The van der Waals surface area contributed by atoms with Crippen LogP contribution in [-0.4, -0.2) is 15.0 Å². The lowest BCUT2D eigenvalue weighted by Crippen LogP contribution is -2.04. The summed E-state index contributed by atoms with van der Waals surface area (Å²) < 4.78 is 14.9. The van der Waals surface area contributed by atoms with Crippen LogP contribution in [0.5, 0.6) is 0 Å². The molecular formula is C17H13FN4. The summed E-state index contributed by atoms with van der Waals surface area (Å²) in [4.78, 5) is 0. The minimum Gasteiger partial charge on any atom is -0.239 e. The molecular weight excluding hydrogens is 279 g/mol. The van der Waals surface area contributed by atoms with Crippen molar-refractivity contribution in [3.8, 4) is 17.3 Å². The lowest BCUT2D eigenvalue weighted by Gasteiger charge is -2.08. The van der Waals surface area contributed by atoms with E-state index in [1.165, 1.54) is 12.1 Å². The first-order chi connectivity index (χ1) is 10.7. The van der Waals surface area contributed by atoms with Gasteiger partial charge in [-0.25, -0.2) is 9.07 Å². The molecule has 0 spiro atoms. The molecule has 0 aliphatic heterocycles. The molecule has 4 nitrogen and oxygen atoms in total. The molecule has 0 aliphatic carbocycles. The molecule has 0 bridgehead atoms. The Morgan fingerprint density at radius 1 is 1.18 bits per heavy atom. The molecule has 3 aromatic rings. The average molecular weight is 292 g/mol. The van der Waals surface area contributed by atoms with Crippen LogP contribution in [0.3, 0.4) is 0 Å². The van der Waals surface area contributed by atoms with E-state index in [1.54, 1.807) is 10.7 Å². The standard InChI is InChI=1S/C17H13FN4/c1-12-4-2-6-14(8-12)17-16(10-19)20-21-22(17)11-13-5-3-7-15(18)9-13/h2-9H,11H2,1H3. The van der Waals surface area contributed by atoms with E-state index in [-0.39, 0.29) is 11.5 Å². The topological polar surface area (TPSA) is 54.5 Å². The highest BCUT2D eigenvalue weighted by molar-refractivity contribution is 5.65. The Bertz CT molecular complexity index is 861. The van der Waals surface area contributed by atoms with Crippen molar-refractivity contribution in [2.45, 2.75) is 13.5 Å². The molecule has 22 heavy (non-hydrogen) atoms. The SMILES string of the molecule is Cc1cccc(-c2c(C#N)nnn2Cc2cccc(F)c2)c1. The zero-order valence-electron chi connectivity index (χ0n) is 12.0. The summed E-state index contributed by atoms with van der Waals surface area (Å²) in [5.74, 6) is -0.296. The maximum absolute atomic E-state index is 13.3. The van der Waals surface area contributed by atoms with E-state index in [9.17, 15) is 9.65 Å². The van der Waals surface area contributed by atoms with Gasteiger partial charge in [-0.05, 0) is 30.7 Å². The van der Waals surface area contributed by atoms with Crippen molar-refractivity contribution in [3.63, 3.8) is 0 Å². The third-order valence-electron chi connectivity index (χ3n) is 3.35. The van der Waals surface area contributed by atoms with Crippen LogP contribution in [0.2, 0.25) is 0 Å². The minimum atomic E-state index is -0.296. The van der Waals surface area contributed by atoms with Gasteiger partial charge in [0.2, 0.25) is 0 Å². The van der Waals surface area contributed by atoms with Crippen LogP contribution in [0.15, 0.2) is 48.5 Å². The molecule has 1 heterocycles. The Morgan fingerprint density at radius 3 is 2.73 bits per heavy atom. The highest BCUT2D eigenvalue weighted by Gasteiger charge is 2.15. The van der Waals surface area contributed by atoms with Gasteiger partial charge in [-0.15, -0.1) is 5.10 Å². The third kappa shape index (κ3) is 2.72. The number of benzene rings is 2. The van der Waals surface area contributed by atoms with Crippen LogP contribution in [0.4, 0.5) is 4.39 Å². The van der Waals surface area contributed by atoms with E-state index in [1.807, 2.05) is 37.3 Å². The molecule has 0 saturated carbocycles. The first kappa shape index (κ1) is 14.0. The van der Waals surface area contributed by atoms with Crippen molar-refractivity contribution >= 4 is 0 Å². The number of halogens is 1. The van der Waals surface area contributed by atoms with Crippen LogP contribution in [0, 0.1) is 24.1 Å². The van der Waals surface area contributed by atoms with Crippen molar-refractivity contribution < 1.29 is 4.39 Å². The fourth-order valence-electron chi connectivity index (χ4n) is 2.39. The molecule has 0 radical (unpaired) electrons. The largest absolute Gasteiger partial charge is 0.239 e. The summed E-state index contributed by atoms with van der Waals surface area (Å²) >= 11 is 0. The van der Waals surface area contributed by atoms with Crippen LogP contribution >= 0.6 is 0 Å². The van der Waals surface area contributed by atoms with Gasteiger partial charge < -0.3 is 0 Å². The summed E-state index contributed by atoms with van der Waals surface area (Å²) in [7, 11) is 0. The van der Waals surface area contributed by atoms with Crippen LogP contribution in [0.1, 0.15) is 16.8 Å². The van der Waals surface area contributed by atoms with E-state index in [2.05, 4.69) is 16.4 Å². The van der Waals surface area contributed by atoms with Crippen molar-refractivity contribution in [3.05, 3.63) is 71.2 Å². The van der Waals surface area contributed by atoms with Crippen molar-refractivity contribution in [1.29, 1.82) is 5.26 Å². The highest BCUT2D eigenvalue weighted by atomic mass is 19.1.